The zero-order valence-electron chi connectivity index (χ0n) is 12.5. The Balaban J connectivity index is 2.01. The second kappa shape index (κ2) is 7.02. The summed E-state index contributed by atoms with van der Waals surface area (Å²) in [5.41, 5.74) is 2.44. The molecule has 116 valence electrons. The molecular formula is C12H22N8O. The summed E-state index contributed by atoms with van der Waals surface area (Å²) in [5.74, 6) is 6.79. The van der Waals surface area contributed by atoms with Crippen molar-refractivity contribution in [3.8, 4) is 0 Å². The van der Waals surface area contributed by atoms with Crippen LogP contribution in [0.3, 0.4) is 0 Å². The number of hydrogen-bond acceptors (Lipinski definition) is 8. The van der Waals surface area contributed by atoms with Crippen molar-refractivity contribution in [3.63, 3.8) is 0 Å². The molecule has 1 saturated heterocycles. The second-order valence-electron chi connectivity index (χ2n) is 5.09. The first kappa shape index (κ1) is 15.2. The van der Waals surface area contributed by atoms with E-state index in [0.717, 1.165) is 25.9 Å². The van der Waals surface area contributed by atoms with E-state index in [1.807, 2.05) is 0 Å². The highest BCUT2D eigenvalue weighted by Gasteiger charge is 2.17. The fraction of sp³-hybridized carbons (Fsp3) is 0.667. The summed E-state index contributed by atoms with van der Waals surface area (Å²) < 4.78 is 0. The third-order valence-corrected chi connectivity index (χ3v) is 3.26. The number of aromatic nitrogens is 3. The summed E-state index contributed by atoms with van der Waals surface area (Å²) in [6, 6.07) is 0. The third kappa shape index (κ3) is 4.15. The zero-order chi connectivity index (χ0) is 15.2. The Bertz CT molecular complexity index is 486. The van der Waals surface area contributed by atoms with Gasteiger partial charge in [0.1, 0.15) is 0 Å². The van der Waals surface area contributed by atoms with E-state index in [1.165, 1.54) is 0 Å². The van der Waals surface area contributed by atoms with Crippen molar-refractivity contribution in [1.29, 1.82) is 0 Å². The van der Waals surface area contributed by atoms with Gasteiger partial charge in [0.15, 0.2) is 0 Å². The number of anilines is 3. The zero-order valence-corrected chi connectivity index (χ0v) is 12.5. The number of nitrogens with one attached hydrogen (secondary N) is 2. The molecule has 0 spiro atoms. The molecule has 0 aliphatic carbocycles. The van der Waals surface area contributed by atoms with Gasteiger partial charge in [0, 0.05) is 40.2 Å². The lowest BCUT2D eigenvalue weighted by Gasteiger charge is -2.16. The van der Waals surface area contributed by atoms with Gasteiger partial charge >= 0.3 is 0 Å². The van der Waals surface area contributed by atoms with E-state index in [-0.39, 0.29) is 5.91 Å². The standard InChI is InChI=1S/C12H22N8O/c1-19(2)9(21)5-6-14-10-15-11(18-13)17-12(16-10)20-7-3-4-8-20/h3-8,13H2,1-2H3,(H2,14,15,16,17,18). The number of carbonyl (C=O) groups is 1. The fourth-order valence-electron chi connectivity index (χ4n) is 2.07. The predicted molar refractivity (Wildman–Crippen MR) is 80.9 cm³/mol. The maximum absolute atomic E-state index is 11.5. The van der Waals surface area contributed by atoms with Gasteiger partial charge in [-0.25, -0.2) is 5.84 Å². The normalized spacial score (nSPS) is 14.1. The summed E-state index contributed by atoms with van der Waals surface area (Å²) in [5, 5.41) is 3.04. The Morgan fingerprint density at radius 2 is 1.90 bits per heavy atom. The molecule has 1 amide bonds. The van der Waals surface area contributed by atoms with Crippen molar-refractivity contribution in [2.45, 2.75) is 19.3 Å². The molecule has 0 unspecified atom stereocenters. The van der Waals surface area contributed by atoms with Crippen LogP contribution in [0.15, 0.2) is 0 Å². The molecule has 9 heteroatoms. The van der Waals surface area contributed by atoms with Crippen molar-refractivity contribution >= 4 is 23.8 Å². The van der Waals surface area contributed by atoms with Crippen molar-refractivity contribution in [3.05, 3.63) is 0 Å². The summed E-state index contributed by atoms with van der Waals surface area (Å²) >= 11 is 0. The number of nitrogen functional groups attached to an aromatic ring is 1. The molecule has 0 radical (unpaired) electrons. The molecule has 1 aliphatic heterocycles. The average molecular weight is 294 g/mol. The molecule has 1 aliphatic rings. The molecule has 21 heavy (non-hydrogen) atoms. The average Bonchev–Trinajstić information content (AvgIpc) is 3.01. The fourth-order valence-corrected chi connectivity index (χ4v) is 2.07. The van der Waals surface area contributed by atoms with Crippen LogP contribution in [-0.2, 0) is 4.79 Å². The molecule has 9 nitrogen and oxygen atoms in total. The minimum Gasteiger partial charge on any atom is -0.354 e. The maximum atomic E-state index is 11.5. The van der Waals surface area contributed by atoms with Crippen molar-refractivity contribution in [2.24, 2.45) is 5.84 Å². The Morgan fingerprint density at radius 1 is 1.24 bits per heavy atom. The summed E-state index contributed by atoms with van der Waals surface area (Å²) in [6.07, 6.45) is 2.65. The van der Waals surface area contributed by atoms with Gasteiger partial charge < -0.3 is 15.1 Å². The monoisotopic (exact) mass is 294 g/mol. The van der Waals surface area contributed by atoms with E-state index in [9.17, 15) is 4.79 Å². The quantitative estimate of drug-likeness (QED) is 0.482. The number of rotatable bonds is 6. The highest BCUT2D eigenvalue weighted by molar-refractivity contribution is 5.76. The predicted octanol–water partition coefficient (Wildman–Crippen LogP) is -0.352. The number of hydrogen-bond donors (Lipinski definition) is 3. The molecular weight excluding hydrogens is 272 g/mol. The molecule has 0 bridgehead atoms. The summed E-state index contributed by atoms with van der Waals surface area (Å²) in [4.78, 5) is 28.0. The minimum absolute atomic E-state index is 0.0495. The van der Waals surface area contributed by atoms with Gasteiger partial charge in [-0.05, 0) is 12.8 Å². The highest BCUT2D eigenvalue weighted by Crippen LogP contribution is 2.18. The Morgan fingerprint density at radius 3 is 2.52 bits per heavy atom. The first-order chi connectivity index (χ1) is 10.1. The van der Waals surface area contributed by atoms with Gasteiger partial charge in [-0.15, -0.1) is 0 Å². The smallest absolute Gasteiger partial charge is 0.243 e. The molecule has 1 aromatic heterocycles. The lowest BCUT2D eigenvalue weighted by Crippen LogP contribution is -2.25. The number of nitrogens with zero attached hydrogens (tertiary/aromatic N) is 5. The van der Waals surface area contributed by atoms with Crippen LogP contribution < -0.4 is 21.5 Å². The van der Waals surface area contributed by atoms with Crippen molar-refractivity contribution in [1.82, 2.24) is 19.9 Å². The Hall–Kier alpha value is -2.16. The van der Waals surface area contributed by atoms with E-state index in [1.54, 1.807) is 19.0 Å². The first-order valence-electron chi connectivity index (χ1n) is 7.02. The molecule has 0 atom stereocenters. The molecule has 0 aromatic carbocycles. The first-order valence-corrected chi connectivity index (χ1v) is 7.02. The van der Waals surface area contributed by atoms with Gasteiger partial charge in [0.2, 0.25) is 23.8 Å². The number of carbonyl (C=O) groups excluding carboxylic acids is 1. The van der Waals surface area contributed by atoms with Crippen LogP contribution in [0.25, 0.3) is 0 Å². The van der Waals surface area contributed by atoms with Gasteiger partial charge in [0.25, 0.3) is 0 Å². The van der Waals surface area contributed by atoms with Crippen LogP contribution in [0.2, 0.25) is 0 Å². The molecule has 1 fully saturated rings. The number of nitrogens with two attached hydrogens (primary N) is 1. The van der Waals surface area contributed by atoms with Crippen LogP contribution in [0.1, 0.15) is 19.3 Å². The van der Waals surface area contributed by atoms with E-state index >= 15 is 0 Å². The lowest BCUT2D eigenvalue weighted by molar-refractivity contribution is -0.128. The minimum atomic E-state index is 0.0495. The van der Waals surface area contributed by atoms with E-state index in [2.05, 4.69) is 30.6 Å². The lowest BCUT2D eigenvalue weighted by atomic mass is 10.4. The molecule has 2 heterocycles. The maximum Gasteiger partial charge on any atom is 0.243 e. The summed E-state index contributed by atoms with van der Waals surface area (Å²) in [7, 11) is 3.46. The topological polar surface area (TPSA) is 112 Å². The van der Waals surface area contributed by atoms with E-state index in [4.69, 9.17) is 5.84 Å². The van der Waals surface area contributed by atoms with Gasteiger partial charge in [-0.3, -0.25) is 10.2 Å². The van der Waals surface area contributed by atoms with Crippen LogP contribution in [0.5, 0.6) is 0 Å². The van der Waals surface area contributed by atoms with Crippen LogP contribution in [0, 0.1) is 0 Å². The van der Waals surface area contributed by atoms with Gasteiger partial charge in [0.05, 0.1) is 0 Å². The van der Waals surface area contributed by atoms with Crippen LogP contribution >= 0.6 is 0 Å². The molecule has 0 saturated carbocycles. The summed E-state index contributed by atoms with van der Waals surface area (Å²) in [6.45, 7) is 2.34. The number of amides is 1. The molecule has 2 rings (SSSR count). The van der Waals surface area contributed by atoms with Gasteiger partial charge in [-0.2, -0.15) is 15.0 Å². The Kier molecular flexibility index (Phi) is 5.09. The second-order valence-corrected chi connectivity index (χ2v) is 5.09. The molecule has 4 N–H and O–H groups in total. The van der Waals surface area contributed by atoms with Crippen LogP contribution in [-0.4, -0.2) is 59.5 Å². The highest BCUT2D eigenvalue weighted by atomic mass is 16.2. The van der Waals surface area contributed by atoms with Crippen molar-refractivity contribution < 1.29 is 4.79 Å². The number of hydrazine groups is 1. The third-order valence-electron chi connectivity index (χ3n) is 3.26. The molecule has 1 aromatic rings. The van der Waals surface area contributed by atoms with Gasteiger partial charge in [-0.1, -0.05) is 0 Å². The van der Waals surface area contributed by atoms with Crippen molar-refractivity contribution in [2.75, 3.05) is 49.4 Å². The van der Waals surface area contributed by atoms with E-state index in [0.29, 0.717) is 30.8 Å². The largest absolute Gasteiger partial charge is 0.354 e. The van der Waals surface area contributed by atoms with E-state index < -0.39 is 0 Å². The Labute approximate surface area is 123 Å². The van der Waals surface area contributed by atoms with Crippen LogP contribution in [0.4, 0.5) is 17.8 Å². The SMILES string of the molecule is CN(C)C(=O)CCNc1nc(NN)nc(N2CCCC2)n1.